The van der Waals surface area contributed by atoms with Crippen molar-refractivity contribution in [1.82, 2.24) is 20.1 Å². The molecule has 7 nitrogen and oxygen atoms in total. The van der Waals surface area contributed by atoms with E-state index in [1.165, 1.54) is 5.56 Å². The average Bonchev–Trinajstić information content (AvgIpc) is 2.73. The van der Waals surface area contributed by atoms with Gasteiger partial charge < -0.3 is 16.3 Å². The van der Waals surface area contributed by atoms with Gasteiger partial charge in [-0.2, -0.15) is 5.10 Å². The first kappa shape index (κ1) is 15.0. The molecule has 0 unspecified atom stereocenters. The standard InChI is InChI=1S/C14H20N6O/c1-9-12(10(2)20(3)18-9)8-16-7-11-4-5-17-13(6-11)14(15)19-21/h4-6,16,21H,7-8H2,1-3H3,(H2,15,19). The van der Waals surface area contributed by atoms with Crippen LogP contribution in [-0.2, 0) is 20.1 Å². The number of nitrogens with one attached hydrogen (secondary N) is 1. The van der Waals surface area contributed by atoms with E-state index >= 15 is 0 Å². The van der Waals surface area contributed by atoms with E-state index in [9.17, 15) is 0 Å². The fraction of sp³-hybridized carbons (Fsp3) is 0.357. The maximum absolute atomic E-state index is 8.67. The molecule has 112 valence electrons. The summed E-state index contributed by atoms with van der Waals surface area (Å²) in [6.07, 6.45) is 1.64. The van der Waals surface area contributed by atoms with Gasteiger partial charge in [-0.3, -0.25) is 9.67 Å². The molecule has 0 atom stereocenters. The van der Waals surface area contributed by atoms with Gasteiger partial charge >= 0.3 is 0 Å². The van der Waals surface area contributed by atoms with Crippen LogP contribution in [0.1, 0.15) is 28.2 Å². The fourth-order valence-electron chi connectivity index (χ4n) is 2.18. The first-order valence-electron chi connectivity index (χ1n) is 6.65. The average molecular weight is 288 g/mol. The Morgan fingerprint density at radius 1 is 1.43 bits per heavy atom. The van der Waals surface area contributed by atoms with Crippen LogP contribution in [0, 0.1) is 13.8 Å². The third-order valence-electron chi connectivity index (χ3n) is 3.48. The molecule has 0 fully saturated rings. The zero-order chi connectivity index (χ0) is 15.4. The summed E-state index contributed by atoms with van der Waals surface area (Å²) in [5.41, 5.74) is 10.4. The van der Waals surface area contributed by atoms with Crippen LogP contribution in [0.4, 0.5) is 0 Å². The van der Waals surface area contributed by atoms with Crippen LogP contribution in [0.5, 0.6) is 0 Å². The van der Waals surface area contributed by atoms with Crippen LogP contribution >= 0.6 is 0 Å². The van der Waals surface area contributed by atoms with Crippen molar-refractivity contribution in [3.63, 3.8) is 0 Å². The third-order valence-corrected chi connectivity index (χ3v) is 3.48. The molecule has 4 N–H and O–H groups in total. The number of hydrogen-bond acceptors (Lipinski definition) is 5. The van der Waals surface area contributed by atoms with E-state index in [0.717, 1.165) is 23.5 Å². The lowest BCUT2D eigenvalue weighted by Crippen LogP contribution is -2.17. The number of aromatic nitrogens is 3. The highest BCUT2D eigenvalue weighted by atomic mass is 16.4. The quantitative estimate of drug-likeness (QED) is 0.327. The second-order valence-corrected chi connectivity index (χ2v) is 4.91. The predicted molar refractivity (Wildman–Crippen MR) is 80.0 cm³/mol. The topological polar surface area (TPSA) is 101 Å². The number of pyridine rings is 1. The molecule has 0 aromatic carbocycles. The van der Waals surface area contributed by atoms with Gasteiger partial charge in [0.15, 0.2) is 5.84 Å². The van der Waals surface area contributed by atoms with E-state index in [1.807, 2.05) is 24.7 Å². The highest BCUT2D eigenvalue weighted by Gasteiger charge is 2.08. The lowest BCUT2D eigenvalue weighted by Gasteiger charge is -2.07. The molecule has 7 heteroatoms. The van der Waals surface area contributed by atoms with Crippen molar-refractivity contribution in [2.45, 2.75) is 26.9 Å². The Hall–Kier alpha value is -2.41. The van der Waals surface area contributed by atoms with Gasteiger partial charge in [0.25, 0.3) is 0 Å². The van der Waals surface area contributed by atoms with E-state index in [2.05, 4.69) is 27.5 Å². The number of nitrogens with zero attached hydrogens (tertiary/aromatic N) is 4. The molecule has 0 bridgehead atoms. The van der Waals surface area contributed by atoms with Gasteiger partial charge in [0.1, 0.15) is 5.69 Å². The van der Waals surface area contributed by atoms with Crippen molar-refractivity contribution >= 4 is 5.84 Å². The maximum Gasteiger partial charge on any atom is 0.188 e. The van der Waals surface area contributed by atoms with Crippen LogP contribution in [-0.4, -0.2) is 25.8 Å². The first-order chi connectivity index (χ1) is 10.0. The molecule has 0 saturated carbocycles. The zero-order valence-electron chi connectivity index (χ0n) is 12.5. The molecule has 2 aromatic rings. The van der Waals surface area contributed by atoms with Gasteiger partial charge in [0.05, 0.1) is 5.69 Å². The number of hydrogen-bond donors (Lipinski definition) is 3. The number of nitrogens with two attached hydrogens (primary N) is 1. The van der Waals surface area contributed by atoms with Crippen LogP contribution in [0.2, 0.25) is 0 Å². The van der Waals surface area contributed by atoms with Gasteiger partial charge in [-0.25, -0.2) is 0 Å². The summed E-state index contributed by atoms with van der Waals surface area (Å²) in [5, 5.41) is 19.4. The number of aryl methyl sites for hydroxylation is 2. The van der Waals surface area contributed by atoms with E-state index in [4.69, 9.17) is 10.9 Å². The molecule has 0 aliphatic carbocycles. The molecular formula is C14H20N6O. The number of oxime groups is 1. The number of amidine groups is 1. The van der Waals surface area contributed by atoms with Crippen molar-refractivity contribution in [2.75, 3.05) is 0 Å². The van der Waals surface area contributed by atoms with Crippen molar-refractivity contribution < 1.29 is 5.21 Å². The summed E-state index contributed by atoms with van der Waals surface area (Å²) in [7, 11) is 1.94. The Bertz CT molecular complexity index is 661. The molecule has 0 amide bonds. The Balaban J connectivity index is 2.01. The van der Waals surface area contributed by atoms with Crippen LogP contribution in [0.15, 0.2) is 23.5 Å². The Morgan fingerprint density at radius 2 is 2.19 bits per heavy atom. The van der Waals surface area contributed by atoms with Gasteiger partial charge in [0.2, 0.25) is 0 Å². The van der Waals surface area contributed by atoms with Crippen LogP contribution in [0.3, 0.4) is 0 Å². The molecule has 2 rings (SSSR count). The minimum Gasteiger partial charge on any atom is -0.409 e. The van der Waals surface area contributed by atoms with E-state index in [-0.39, 0.29) is 5.84 Å². The van der Waals surface area contributed by atoms with Gasteiger partial charge in [0, 0.05) is 37.6 Å². The summed E-state index contributed by atoms with van der Waals surface area (Å²) in [5.74, 6) is 0.01000. The van der Waals surface area contributed by atoms with Gasteiger partial charge in [-0.15, -0.1) is 0 Å². The molecule has 0 saturated heterocycles. The highest BCUT2D eigenvalue weighted by Crippen LogP contribution is 2.11. The normalized spacial score (nSPS) is 11.9. The highest BCUT2D eigenvalue weighted by molar-refractivity contribution is 5.95. The molecule has 0 spiro atoms. The van der Waals surface area contributed by atoms with E-state index in [1.54, 1.807) is 12.3 Å². The summed E-state index contributed by atoms with van der Waals surface area (Å²) in [6, 6.07) is 3.69. The van der Waals surface area contributed by atoms with Gasteiger partial charge in [-0.05, 0) is 31.5 Å². The zero-order valence-corrected chi connectivity index (χ0v) is 12.5. The van der Waals surface area contributed by atoms with Crippen LogP contribution in [0.25, 0.3) is 0 Å². The lowest BCUT2D eigenvalue weighted by atomic mass is 10.2. The molecule has 2 aromatic heterocycles. The van der Waals surface area contributed by atoms with E-state index < -0.39 is 0 Å². The minimum absolute atomic E-state index is 0.01000. The second-order valence-electron chi connectivity index (χ2n) is 4.91. The summed E-state index contributed by atoms with van der Waals surface area (Å²) < 4.78 is 1.88. The molecular weight excluding hydrogens is 268 g/mol. The summed E-state index contributed by atoms with van der Waals surface area (Å²) >= 11 is 0. The van der Waals surface area contributed by atoms with Crippen molar-refractivity contribution in [3.05, 3.63) is 46.5 Å². The smallest absolute Gasteiger partial charge is 0.188 e. The molecule has 0 radical (unpaired) electrons. The third kappa shape index (κ3) is 3.38. The first-order valence-corrected chi connectivity index (χ1v) is 6.65. The van der Waals surface area contributed by atoms with Gasteiger partial charge in [-0.1, -0.05) is 5.16 Å². The molecule has 2 heterocycles. The fourth-order valence-corrected chi connectivity index (χ4v) is 2.18. The number of rotatable bonds is 5. The Kier molecular flexibility index (Phi) is 4.54. The summed E-state index contributed by atoms with van der Waals surface area (Å²) in [4.78, 5) is 4.05. The lowest BCUT2D eigenvalue weighted by molar-refractivity contribution is 0.318. The van der Waals surface area contributed by atoms with Crippen molar-refractivity contribution in [2.24, 2.45) is 17.9 Å². The Labute approximate surface area is 123 Å². The largest absolute Gasteiger partial charge is 0.409 e. The summed E-state index contributed by atoms with van der Waals surface area (Å²) in [6.45, 7) is 5.47. The minimum atomic E-state index is 0.01000. The molecule has 0 aliphatic heterocycles. The maximum atomic E-state index is 8.67. The predicted octanol–water partition coefficient (Wildman–Crippen LogP) is 0.816. The Morgan fingerprint density at radius 3 is 2.81 bits per heavy atom. The molecule has 21 heavy (non-hydrogen) atoms. The van der Waals surface area contributed by atoms with Crippen molar-refractivity contribution in [3.8, 4) is 0 Å². The monoisotopic (exact) mass is 288 g/mol. The van der Waals surface area contributed by atoms with Crippen LogP contribution < -0.4 is 11.1 Å². The van der Waals surface area contributed by atoms with E-state index in [0.29, 0.717) is 12.2 Å². The second kappa shape index (κ2) is 6.36. The van der Waals surface area contributed by atoms with Crippen molar-refractivity contribution in [1.29, 1.82) is 0 Å². The SMILES string of the molecule is Cc1nn(C)c(C)c1CNCc1ccnc(C(N)=NO)c1. The molecule has 0 aliphatic rings.